The maximum Gasteiger partial charge on any atom is 0.243 e. The molecule has 2 fully saturated rings. The fraction of sp³-hybridized carbons (Fsp3) is 0.455. The van der Waals surface area contributed by atoms with Crippen molar-refractivity contribution >= 4 is 20.0 Å². The third kappa shape index (κ3) is 5.35. The number of benzene rings is 2. The molecule has 7 nitrogen and oxygen atoms in total. The quantitative estimate of drug-likeness (QED) is 0.682. The second-order valence-electron chi connectivity index (χ2n) is 8.24. The molecule has 0 bridgehead atoms. The number of hydrogen-bond acceptors (Lipinski definition) is 5. The molecule has 2 aromatic rings. The monoisotopic (exact) mass is 463 g/mol. The lowest BCUT2D eigenvalue weighted by Crippen LogP contribution is -2.48. The Kier molecular flexibility index (Phi) is 6.78. The van der Waals surface area contributed by atoms with Crippen LogP contribution < -0.4 is 4.72 Å². The Morgan fingerprint density at radius 1 is 0.774 bits per heavy atom. The summed E-state index contributed by atoms with van der Waals surface area (Å²) in [6, 6.07) is 15.7. The first kappa shape index (κ1) is 22.4. The molecule has 2 aromatic carbocycles. The van der Waals surface area contributed by atoms with Crippen LogP contribution in [-0.2, 0) is 26.6 Å². The Morgan fingerprint density at radius 3 is 1.97 bits per heavy atom. The van der Waals surface area contributed by atoms with E-state index in [1.807, 2.05) is 18.2 Å². The molecule has 1 saturated carbocycles. The highest BCUT2D eigenvalue weighted by molar-refractivity contribution is 7.89. The minimum absolute atomic E-state index is 0.0272. The first-order chi connectivity index (χ1) is 14.8. The van der Waals surface area contributed by atoms with Crippen LogP contribution in [0.5, 0.6) is 0 Å². The average Bonchev–Trinajstić information content (AvgIpc) is 3.27. The van der Waals surface area contributed by atoms with Gasteiger partial charge in [-0.2, -0.15) is 4.31 Å². The van der Waals surface area contributed by atoms with Gasteiger partial charge < -0.3 is 0 Å². The van der Waals surface area contributed by atoms with Crippen LogP contribution in [0.2, 0.25) is 0 Å². The Balaban J connectivity index is 1.38. The van der Waals surface area contributed by atoms with Gasteiger partial charge in [-0.25, -0.2) is 21.6 Å². The summed E-state index contributed by atoms with van der Waals surface area (Å²) in [6.45, 7) is 2.95. The van der Waals surface area contributed by atoms with Gasteiger partial charge in [-0.05, 0) is 42.7 Å². The third-order valence-electron chi connectivity index (χ3n) is 6.03. The Morgan fingerprint density at radius 2 is 1.35 bits per heavy atom. The molecule has 1 saturated heterocycles. The molecular weight excluding hydrogens is 434 g/mol. The maximum atomic E-state index is 13.0. The van der Waals surface area contributed by atoms with Crippen LogP contribution in [0.3, 0.4) is 0 Å². The highest BCUT2D eigenvalue weighted by Gasteiger charge is 2.29. The highest BCUT2D eigenvalue weighted by atomic mass is 32.2. The Bertz CT molecular complexity index is 1070. The summed E-state index contributed by atoms with van der Waals surface area (Å²) in [5.74, 6) is 0. The smallest absolute Gasteiger partial charge is 0.243 e. The first-order valence-electron chi connectivity index (χ1n) is 10.7. The van der Waals surface area contributed by atoms with Crippen molar-refractivity contribution in [2.45, 2.75) is 48.1 Å². The largest absolute Gasteiger partial charge is 0.296 e. The van der Waals surface area contributed by atoms with Crippen molar-refractivity contribution in [3.8, 4) is 0 Å². The second kappa shape index (κ2) is 9.38. The lowest BCUT2D eigenvalue weighted by atomic mass is 10.2. The molecule has 1 N–H and O–H groups in total. The van der Waals surface area contributed by atoms with Gasteiger partial charge in [0.05, 0.1) is 9.79 Å². The normalized spacial score (nSPS) is 19.6. The topological polar surface area (TPSA) is 86.8 Å². The fourth-order valence-corrected chi connectivity index (χ4v) is 6.97. The van der Waals surface area contributed by atoms with Crippen molar-refractivity contribution in [2.24, 2.45) is 0 Å². The van der Waals surface area contributed by atoms with Crippen molar-refractivity contribution in [2.75, 3.05) is 26.2 Å². The van der Waals surface area contributed by atoms with Gasteiger partial charge in [-0.15, -0.1) is 0 Å². The van der Waals surface area contributed by atoms with Crippen molar-refractivity contribution in [1.29, 1.82) is 0 Å². The molecule has 1 heterocycles. The van der Waals surface area contributed by atoms with E-state index in [9.17, 15) is 16.8 Å². The zero-order chi connectivity index (χ0) is 21.9. The first-order valence-corrected chi connectivity index (χ1v) is 13.7. The number of hydrogen-bond donors (Lipinski definition) is 1. The lowest BCUT2D eigenvalue weighted by molar-refractivity contribution is 0.181. The predicted octanol–water partition coefficient (Wildman–Crippen LogP) is 2.41. The van der Waals surface area contributed by atoms with Crippen molar-refractivity contribution in [3.63, 3.8) is 0 Å². The SMILES string of the molecule is O=S(=O)(NC1CCCC1)c1ccc(S(=O)(=O)N2CCN(Cc3ccccc3)CC2)cc1. The van der Waals surface area contributed by atoms with E-state index in [2.05, 4.69) is 21.8 Å². The Hall–Kier alpha value is -1.78. The van der Waals surface area contributed by atoms with E-state index in [0.29, 0.717) is 26.2 Å². The zero-order valence-electron chi connectivity index (χ0n) is 17.5. The minimum Gasteiger partial charge on any atom is -0.296 e. The third-order valence-corrected chi connectivity index (χ3v) is 9.48. The van der Waals surface area contributed by atoms with Crippen LogP contribution in [0.4, 0.5) is 0 Å². The summed E-state index contributed by atoms with van der Waals surface area (Å²) in [5.41, 5.74) is 1.21. The molecule has 0 spiro atoms. The molecule has 0 radical (unpaired) electrons. The van der Waals surface area contributed by atoms with Gasteiger partial charge in [0.25, 0.3) is 0 Å². The number of nitrogens with one attached hydrogen (secondary N) is 1. The standard InChI is InChI=1S/C22H29N3O4S2/c26-30(27,23-20-8-4-5-9-20)21-10-12-22(13-11-21)31(28,29)25-16-14-24(15-17-25)18-19-6-2-1-3-7-19/h1-3,6-7,10-13,20,23H,4-5,8-9,14-18H2. The van der Waals surface area contributed by atoms with Crippen LogP contribution in [0.25, 0.3) is 0 Å². The van der Waals surface area contributed by atoms with E-state index in [1.54, 1.807) is 0 Å². The summed E-state index contributed by atoms with van der Waals surface area (Å²) in [6.07, 6.45) is 3.76. The summed E-state index contributed by atoms with van der Waals surface area (Å²) in [5, 5.41) is 0. The molecular formula is C22H29N3O4S2. The van der Waals surface area contributed by atoms with E-state index in [4.69, 9.17) is 0 Å². The van der Waals surface area contributed by atoms with Gasteiger partial charge >= 0.3 is 0 Å². The van der Waals surface area contributed by atoms with Crippen LogP contribution in [0.15, 0.2) is 64.4 Å². The van der Waals surface area contributed by atoms with E-state index in [0.717, 1.165) is 32.2 Å². The van der Waals surface area contributed by atoms with Crippen LogP contribution in [-0.4, -0.2) is 58.3 Å². The molecule has 31 heavy (non-hydrogen) atoms. The number of rotatable bonds is 7. The van der Waals surface area contributed by atoms with Crippen LogP contribution >= 0.6 is 0 Å². The molecule has 9 heteroatoms. The van der Waals surface area contributed by atoms with Crippen molar-refractivity contribution < 1.29 is 16.8 Å². The lowest BCUT2D eigenvalue weighted by Gasteiger charge is -2.34. The number of nitrogens with zero attached hydrogens (tertiary/aromatic N) is 2. The molecule has 168 valence electrons. The summed E-state index contributed by atoms with van der Waals surface area (Å²) in [7, 11) is -7.28. The number of sulfonamides is 2. The molecule has 1 aliphatic carbocycles. The average molecular weight is 464 g/mol. The molecule has 1 aliphatic heterocycles. The summed E-state index contributed by atoms with van der Waals surface area (Å²) >= 11 is 0. The van der Waals surface area contributed by atoms with E-state index >= 15 is 0 Å². The highest BCUT2D eigenvalue weighted by Crippen LogP contribution is 2.23. The molecule has 0 unspecified atom stereocenters. The van der Waals surface area contributed by atoms with Gasteiger partial charge in [0.15, 0.2) is 0 Å². The number of piperazine rings is 1. The van der Waals surface area contributed by atoms with Crippen LogP contribution in [0, 0.1) is 0 Å². The molecule has 0 aromatic heterocycles. The van der Waals surface area contributed by atoms with E-state index in [1.165, 1.54) is 34.1 Å². The fourth-order valence-electron chi connectivity index (χ4n) is 4.24. The molecule has 0 amide bonds. The van der Waals surface area contributed by atoms with E-state index in [-0.39, 0.29) is 15.8 Å². The minimum atomic E-state index is -3.65. The van der Waals surface area contributed by atoms with Crippen molar-refractivity contribution in [3.05, 3.63) is 60.2 Å². The predicted molar refractivity (Wildman–Crippen MR) is 119 cm³/mol. The molecule has 2 aliphatic rings. The van der Waals surface area contributed by atoms with Gasteiger partial charge in [0.1, 0.15) is 0 Å². The van der Waals surface area contributed by atoms with Gasteiger partial charge in [-0.1, -0.05) is 43.2 Å². The Labute approximate surface area is 185 Å². The van der Waals surface area contributed by atoms with Gasteiger partial charge in [0.2, 0.25) is 20.0 Å². The summed E-state index contributed by atoms with van der Waals surface area (Å²) < 4.78 is 55.4. The summed E-state index contributed by atoms with van der Waals surface area (Å²) in [4.78, 5) is 2.47. The molecule has 4 rings (SSSR count). The van der Waals surface area contributed by atoms with Crippen LogP contribution in [0.1, 0.15) is 31.2 Å². The second-order valence-corrected chi connectivity index (χ2v) is 11.9. The maximum absolute atomic E-state index is 13.0. The van der Waals surface area contributed by atoms with E-state index < -0.39 is 20.0 Å². The van der Waals surface area contributed by atoms with Gasteiger partial charge in [-0.3, -0.25) is 4.90 Å². The van der Waals surface area contributed by atoms with Gasteiger partial charge in [0, 0.05) is 38.8 Å². The zero-order valence-corrected chi connectivity index (χ0v) is 19.1. The van der Waals surface area contributed by atoms with Crippen molar-refractivity contribution in [1.82, 2.24) is 13.9 Å². The molecule has 0 atom stereocenters.